The van der Waals surface area contributed by atoms with E-state index in [1.54, 1.807) is 0 Å². The smallest absolute Gasteiger partial charge is 0.192 e. The molecule has 3 rings (SSSR count). The van der Waals surface area contributed by atoms with Crippen molar-refractivity contribution in [1.29, 1.82) is 0 Å². The van der Waals surface area contributed by atoms with Crippen LogP contribution in [0.25, 0.3) is 10.8 Å². The highest BCUT2D eigenvalue weighted by Gasteiger charge is 2.29. The molecular weight excluding hydrogens is 188 g/mol. The molecule has 0 heterocycles. The van der Waals surface area contributed by atoms with Crippen LogP contribution >= 0.6 is 0 Å². The second-order valence-corrected chi connectivity index (χ2v) is 3.90. The number of carbonyl (C=O) groups is 1. The molecule has 0 aromatic heterocycles. The van der Waals surface area contributed by atoms with Crippen LogP contribution in [0, 0.1) is 0 Å². The number of aliphatic hydroxyl groups excluding tert-OH is 1. The molecule has 0 fully saturated rings. The number of Topliss-reactive ketones (excluding diaryl/α,β-unsaturated/α-hetero) is 1. The zero-order valence-corrected chi connectivity index (χ0v) is 8.10. The fourth-order valence-corrected chi connectivity index (χ4v) is 2.25. The Hall–Kier alpha value is -1.67. The molecule has 2 heteroatoms. The third kappa shape index (κ3) is 1.12. The summed E-state index contributed by atoms with van der Waals surface area (Å²) in [4.78, 5) is 11.8. The molecule has 15 heavy (non-hydrogen) atoms. The Labute approximate surface area is 87.2 Å². The Morgan fingerprint density at radius 1 is 1.13 bits per heavy atom. The molecular formula is C13H10O2. The molecule has 0 radical (unpaired) electrons. The van der Waals surface area contributed by atoms with Crippen molar-refractivity contribution in [2.75, 3.05) is 0 Å². The van der Waals surface area contributed by atoms with Crippen molar-refractivity contribution in [3.63, 3.8) is 0 Å². The van der Waals surface area contributed by atoms with Gasteiger partial charge in [0.2, 0.25) is 0 Å². The van der Waals surface area contributed by atoms with Crippen molar-refractivity contribution in [3.8, 4) is 0 Å². The second-order valence-electron chi connectivity index (χ2n) is 3.90. The first-order valence-corrected chi connectivity index (χ1v) is 5.00. The summed E-state index contributed by atoms with van der Waals surface area (Å²) < 4.78 is 0. The van der Waals surface area contributed by atoms with Gasteiger partial charge in [-0.3, -0.25) is 4.79 Å². The lowest BCUT2D eigenvalue weighted by atomic mass is 10.0. The van der Waals surface area contributed by atoms with Crippen molar-refractivity contribution >= 4 is 16.6 Å². The van der Waals surface area contributed by atoms with Gasteiger partial charge in [0.25, 0.3) is 0 Å². The van der Waals surface area contributed by atoms with Crippen LogP contribution in [0.5, 0.6) is 0 Å². The van der Waals surface area contributed by atoms with Crippen LogP contribution in [0.3, 0.4) is 0 Å². The SMILES string of the molecule is O=C1c2c(ccc3ccccc23)CC1O. The van der Waals surface area contributed by atoms with E-state index in [4.69, 9.17) is 0 Å². The molecule has 1 aliphatic rings. The number of hydrogen-bond donors (Lipinski definition) is 1. The molecule has 2 aromatic carbocycles. The highest BCUT2D eigenvalue weighted by atomic mass is 16.3. The summed E-state index contributed by atoms with van der Waals surface area (Å²) in [5.41, 5.74) is 1.67. The van der Waals surface area contributed by atoms with Gasteiger partial charge in [-0.2, -0.15) is 0 Å². The van der Waals surface area contributed by atoms with E-state index in [2.05, 4.69) is 0 Å². The van der Waals surface area contributed by atoms with Gasteiger partial charge >= 0.3 is 0 Å². The van der Waals surface area contributed by atoms with Gasteiger partial charge in [-0.1, -0.05) is 36.4 Å². The average molecular weight is 198 g/mol. The number of aliphatic hydroxyl groups is 1. The van der Waals surface area contributed by atoms with Gasteiger partial charge in [-0.05, 0) is 16.3 Å². The minimum absolute atomic E-state index is 0.137. The van der Waals surface area contributed by atoms with E-state index in [1.165, 1.54) is 0 Å². The van der Waals surface area contributed by atoms with E-state index in [0.717, 1.165) is 16.3 Å². The highest BCUT2D eigenvalue weighted by molar-refractivity contribution is 6.13. The lowest BCUT2D eigenvalue weighted by molar-refractivity contribution is 0.0781. The molecule has 0 saturated heterocycles. The Morgan fingerprint density at radius 3 is 2.80 bits per heavy atom. The van der Waals surface area contributed by atoms with Crippen LogP contribution in [0.2, 0.25) is 0 Å². The van der Waals surface area contributed by atoms with Crippen LogP contribution in [0.15, 0.2) is 36.4 Å². The molecule has 0 saturated carbocycles. The largest absolute Gasteiger partial charge is 0.385 e. The maximum atomic E-state index is 11.8. The van der Waals surface area contributed by atoms with E-state index >= 15 is 0 Å². The van der Waals surface area contributed by atoms with Gasteiger partial charge in [0.15, 0.2) is 5.78 Å². The average Bonchev–Trinajstić information content (AvgIpc) is 2.55. The van der Waals surface area contributed by atoms with E-state index in [-0.39, 0.29) is 5.78 Å². The first kappa shape index (κ1) is 8.62. The van der Waals surface area contributed by atoms with Gasteiger partial charge in [0, 0.05) is 12.0 Å². The fourth-order valence-electron chi connectivity index (χ4n) is 2.25. The van der Waals surface area contributed by atoms with E-state index in [0.29, 0.717) is 12.0 Å². The van der Waals surface area contributed by atoms with Crippen LogP contribution in [-0.2, 0) is 6.42 Å². The molecule has 0 spiro atoms. The summed E-state index contributed by atoms with van der Waals surface area (Å²) in [6, 6.07) is 11.7. The van der Waals surface area contributed by atoms with Gasteiger partial charge < -0.3 is 5.11 Å². The predicted octanol–water partition coefficient (Wildman–Crippen LogP) is 1.94. The first-order valence-electron chi connectivity index (χ1n) is 5.00. The minimum Gasteiger partial charge on any atom is -0.385 e. The summed E-state index contributed by atoms with van der Waals surface area (Å²) in [6.07, 6.45) is -0.385. The summed E-state index contributed by atoms with van der Waals surface area (Å²) in [6.45, 7) is 0. The van der Waals surface area contributed by atoms with Crippen molar-refractivity contribution < 1.29 is 9.90 Å². The molecule has 0 bridgehead atoms. The minimum atomic E-state index is -0.842. The number of hydrogen-bond acceptors (Lipinski definition) is 2. The number of fused-ring (bicyclic) bond motifs is 3. The second kappa shape index (κ2) is 2.91. The van der Waals surface area contributed by atoms with Crippen molar-refractivity contribution in [2.45, 2.75) is 12.5 Å². The standard InChI is InChI=1S/C13H10O2/c14-11-7-9-6-5-8-3-1-2-4-10(8)12(9)13(11)15/h1-6,11,14H,7H2. The van der Waals surface area contributed by atoms with Crippen molar-refractivity contribution in [1.82, 2.24) is 0 Å². The first-order chi connectivity index (χ1) is 7.27. The quantitative estimate of drug-likeness (QED) is 0.702. The number of ketones is 1. The molecule has 1 aliphatic carbocycles. The Bertz CT molecular complexity index is 557. The highest BCUT2D eigenvalue weighted by Crippen LogP contribution is 2.29. The van der Waals surface area contributed by atoms with Crippen molar-refractivity contribution in [2.24, 2.45) is 0 Å². The van der Waals surface area contributed by atoms with E-state index in [1.807, 2.05) is 36.4 Å². The third-order valence-electron chi connectivity index (χ3n) is 2.98. The summed E-state index contributed by atoms with van der Waals surface area (Å²) in [5.74, 6) is -0.137. The molecule has 1 atom stereocenters. The molecule has 1 N–H and O–H groups in total. The topological polar surface area (TPSA) is 37.3 Å². The lowest BCUT2D eigenvalue weighted by Gasteiger charge is -2.02. The molecule has 1 unspecified atom stereocenters. The summed E-state index contributed by atoms with van der Waals surface area (Å²) >= 11 is 0. The third-order valence-corrected chi connectivity index (χ3v) is 2.98. The van der Waals surface area contributed by atoms with Crippen LogP contribution < -0.4 is 0 Å². The van der Waals surface area contributed by atoms with E-state index in [9.17, 15) is 9.90 Å². The van der Waals surface area contributed by atoms with Crippen molar-refractivity contribution in [3.05, 3.63) is 47.5 Å². The summed E-state index contributed by atoms with van der Waals surface area (Å²) in [5, 5.41) is 11.5. The van der Waals surface area contributed by atoms with Crippen LogP contribution in [0.1, 0.15) is 15.9 Å². The predicted molar refractivity (Wildman–Crippen MR) is 58.0 cm³/mol. The van der Waals surface area contributed by atoms with Gasteiger partial charge in [-0.25, -0.2) is 0 Å². The maximum absolute atomic E-state index is 11.8. The Morgan fingerprint density at radius 2 is 1.93 bits per heavy atom. The molecule has 74 valence electrons. The van der Waals surface area contributed by atoms with Gasteiger partial charge in [0.1, 0.15) is 6.10 Å². The number of carbonyl (C=O) groups excluding carboxylic acids is 1. The van der Waals surface area contributed by atoms with Crippen LogP contribution in [-0.4, -0.2) is 17.0 Å². The zero-order chi connectivity index (χ0) is 10.4. The van der Waals surface area contributed by atoms with Gasteiger partial charge in [-0.15, -0.1) is 0 Å². The Kier molecular flexibility index (Phi) is 1.67. The molecule has 2 nitrogen and oxygen atoms in total. The molecule has 2 aromatic rings. The maximum Gasteiger partial charge on any atom is 0.192 e. The lowest BCUT2D eigenvalue weighted by Crippen LogP contribution is -2.14. The monoisotopic (exact) mass is 198 g/mol. The van der Waals surface area contributed by atoms with E-state index < -0.39 is 6.10 Å². The normalized spacial score (nSPS) is 19.5. The molecule has 0 aliphatic heterocycles. The molecule has 0 amide bonds. The fraction of sp³-hybridized carbons (Fsp3) is 0.154. The number of rotatable bonds is 0. The summed E-state index contributed by atoms with van der Waals surface area (Å²) in [7, 11) is 0. The van der Waals surface area contributed by atoms with Gasteiger partial charge in [0.05, 0.1) is 0 Å². The Balaban J connectivity index is 2.41. The van der Waals surface area contributed by atoms with Crippen LogP contribution in [0.4, 0.5) is 0 Å². The zero-order valence-electron chi connectivity index (χ0n) is 8.10. The number of benzene rings is 2.